The second kappa shape index (κ2) is 9.28. The fourth-order valence-electron chi connectivity index (χ4n) is 3.81. The van der Waals surface area contributed by atoms with E-state index in [0.29, 0.717) is 18.1 Å². The number of benzene rings is 2. The molecule has 3 aromatic rings. The lowest BCUT2D eigenvalue weighted by atomic mass is 9.90. The molecule has 1 N–H and O–H groups in total. The van der Waals surface area contributed by atoms with E-state index in [1.807, 2.05) is 61.5 Å². The first kappa shape index (κ1) is 22.3. The lowest BCUT2D eigenvalue weighted by Gasteiger charge is -2.20. The number of hydrogen-bond donors (Lipinski definition) is 1. The standard InChI is InChI=1S/C25H24N2O6/c1-16-13-18(20-5-3-4-6-21(20)26-16)15-32-19-9-7-17(8-10-19)22-14-25(24(29)30,33-27-22)12-11-23(28)31-2/h3-10,13H,11-12,14-15H2,1-2H3,(H,29,30). The number of esters is 1. The molecule has 0 saturated heterocycles. The van der Waals surface area contributed by atoms with Gasteiger partial charge in [0.05, 0.1) is 24.8 Å². The first-order valence-corrected chi connectivity index (χ1v) is 10.5. The van der Waals surface area contributed by atoms with Crippen LogP contribution < -0.4 is 4.74 Å². The minimum atomic E-state index is -1.57. The van der Waals surface area contributed by atoms with Crippen LogP contribution in [0.4, 0.5) is 0 Å². The fourth-order valence-corrected chi connectivity index (χ4v) is 3.81. The number of oxime groups is 1. The Hall–Kier alpha value is -3.94. The number of nitrogens with zero attached hydrogens (tertiary/aromatic N) is 2. The van der Waals surface area contributed by atoms with E-state index in [1.165, 1.54) is 7.11 Å². The van der Waals surface area contributed by atoms with Crippen LogP contribution in [-0.2, 0) is 25.8 Å². The Morgan fingerprint density at radius 1 is 1.15 bits per heavy atom. The van der Waals surface area contributed by atoms with Gasteiger partial charge in [0.15, 0.2) is 0 Å². The average Bonchev–Trinajstić information content (AvgIpc) is 3.27. The van der Waals surface area contributed by atoms with Gasteiger partial charge in [0, 0.05) is 29.5 Å². The van der Waals surface area contributed by atoms with Crippen LogP contribution in [0.2, 0.25) is 0 Å². The molecule has 33 heavy (non-hydrogen) atoms. The predicted octanol–water partition coefficient (Wildman–Crippen LogP) is 4.02. The summed E-state index contributed by atoms with van der Waals surface area (Å²) in [6.07, 6.45) is -0.0359. The van der Waals surface area contributed by atoms with Crippen molar-refractivity contribution < 1.29 is 29.0 Å². The van der Waals surface area contributed by atoms with Gasteiger partial charge in [-0.25, -0.2) is 4.79 Å². The number of pyridine rings is 1. The summed E-state index contributed by atoms with van der Waals surface area (Å²) < 4.78 is 10.6. The zero-order valence-corrected chi connectivity index (χ0v) is 18.4. The van der Waals surface area contributed by atoms with Gasteiger partial charge in [0.2, 0.25) is 5.60 Å². The second-order valence-electron chi connectivity index (χ2n) is 7.93. The normalized spacial score (nSPS) is 17.3. The Labute approximate surface area is 190 Å². The Morgan fingerprint density at radius 2 is 1.91 bits per heavy atom. The van der Waals surface area contributed by atoms with Crippen molar-refractivity contribution in [2.45, 2.75) is 38.4 Å². The quantitative estimate of drug-likeness (QED) is 0.519. The van der Waals surface area contributed by atoms with Crippen molar-refractivity contribution in [1.29, 1.82) is 0 Å². The number of carbonyl (C=O) groups excluding carboxylic acids is 1. The number of para-hydroxylation sites is 1. The van der Waals surface area contributed by atoms with Crippen LogP contribution in [0, 0.1) is 6.92 Å². The Kier molecular flexibility index (Phi) is 6.26. The van der Waals surface area contributed by atoms with E-state index in [-0.39, 0.29) is 19.3 Å². The minimum absolute atomic E-state index is 0.0253. The summed E-state index contributed by atoms with van der Waals surface area (Å²) >= 11 is 0. The van der Waals surface area contributed by atoms with E-state index in [4.69, 9.17) is 9.57 Å². The molecule has 8 nitrogen and oxygen atoms in total. The smallest absolute Gasteiger partial charge is 0.351 e. The average molecular weight is 448 g/mol. The Morgan fingerprint density at radius 3 is 2.64 bits per heavy atom. The minimum Gasteiger partial charge on any atom is -0.489 e. The largest absolute Gasteiger partial charge is 0.489 e. The molecule has 1 aromatic heterocycles. The fraction of sp³-hybridized carbons (Fsp3) is 0.280. The molecule has 1 aliphatic rings. The molecule has 1 aliphatic heterocycles. The molecule has 0 amide bonds. The van der Waals surface area contributed by atoms with Crippen molar-refractivity contribution >= 4 is 28.6 Å². The first-order chi connectivity index (χ1) is 15.9. The van der Waals surface area contributed by atoms with Gasteiger partial charge in [0.25, 0.3) is 0 Å². The highest BCUT2D eigenvalue weighted by molar-refractivity contribution is 6.04. The highest BCUT2D eigenvalue weighted by Gasteiger charge is 2.47. The van der Waals surface area contributed by atoms with Gasteiger partial charge in [-0.2, -0.15) is 0 Å². The summed E-state index contributed by atoms with van der Waals surface area (Å²) in [6.45, 7) is 2.35. The van der Waals surface area contributed by atoms with Crippen LogP contribution in [0.5, 0.6) is 5.75 Å². The summed E-state index contributed by atoms with van der Waals surface area (Å²) in [6, 6.07) is 17.2. The number of rotatable bonds is 8. The van der Waals surface area contributed by atoms with Crippen LogP contribution in [0.1, 0.15) is 36.1 Å². The summed E-state index contributed by atoms with van der Waals surface area (Å²) in [4.78, 5) is 33.1. The molecule has 1 unspecified atom stereocenters. The number of carbonyl (C=O) groups is 2. The number of ether oxygens (including phenoxy) is 2. The summed E-state index contributed by atoms with van der Waals surface area (Å²) in [7, 11) is 1.26. The zero-order chi connectivity index (χ0) is 23.4. The number of methoxy groups -OCH3 is 1. The molecule has 0 aliphatic carbocycles. The molecule has 0 spiro atoms. The molecule has 0 saturated carbocycles. The third-order valence-electron chi connectivity index (χ3n) is 5.65. The van der Waals surface area contributed by atoms with Crippen molar-refractivity contribution in [2.24, 2.45) is 5.16 Å². The zero-order valence-electron chi connectivity index (χ0n) is 18.4. The Bertz CT molecular complexity index is 1220. The van der Waals surface area contributed by atoms with Crippen molar-refractivity contribution in [1.82, 2.24) is 4.98 Å². The van der Waals surface area contributed by atoms with Crippen molar-refractivity contribution in [3.05, 3.63) is 71.4 Å². The third kappa shape index (κ3) is 4.79. The van der Waals surface area contributed by atoms with Gasteiger partial charge in [-0.1, -0.05) is 23.4 Å². The molecule has 170 valence electrons. The van der Waals surface area contributed by atoms with Gasteiger partial charge in [-0.15, -0.1) is 0 Å². The van der Waals surface area contributed by atoms with Gasteiger partial charge in [-0.05, 0) is 48.9 Å². The van der Waals surface area contributed by atoms with Crippen molar-refractivity contribution in [3.63, 3.8) is 0 Å². The summed E-state index contributed by atoms with van der Waals surface area (Å²) in [5.41, 5.74) is 2.57. The molecule has 2 heterocycles. The second-order valence-corrected chi connectivity index (χ2v) is 7.93. The number of aromatic nitrogens is 1. The monoisotopic (exact) mass is 448 g/mol. The summed E-state index contributed by atoms with van der Waals surface area (Å²) in [5.74, 6) is -0.983. The lowest BCUT2D eigenvalue weighted by molar-refractivity contribution is -0.164. The lowest BCUT2D eigenvalue weighted by Crippen LogP contribution is -2.39. The van der Waals surface area contributed by atoms with E-state index >= 15 is 0 Å². The van der Waals surface area contributed by atoms with Crippen LogP contribution in [-0.4, -0.2) is 40.5 Å². The molecular formula is C25H24N2O6. The highest BCUT2D eigenvalue weighted by Crippen LogP contribution is 2.32. The Balaban J connectivity index is 1.43. The number of aryl methyl sites for hydroxylation is 1. The molecular weight excluding hydrogens is 424 g/mol. The SMILES string of the molecule is COC(=O)CCC1(C(=O)O)CC(c2ccc(OCc3cc(C)nc4ccccc34)cc2)=NO1. The van der Waals surface area contributed by atoms with Gasteiger partial charge < -0.3 is 19.4 Å². The van der Waals surface area contributed by atoms with E-state index in [9.17, 15) is 14.7 Å². The maximum Gasteiger partial charge on any atom is 0.351 e. The maximum absolute atomic E-state index is 11.8. The van der Waals surface area contributed by atoms with E-state index in [0.717, 1.165) is 27.7 Å². The molecule has 0 fully saturated rings. The van der Waals surface area contributed by atoms with E-state index < -0.39 is 17.5 Å². The van der Waals surface area contributed by atoms with Crippen LogP contribution >= 0.6 is 0 Å². The van der Waals surface area contributed by atoms with Crippen LogP contribution in [0.15, 0.2) is 59.8 Å². The van der Waals surface area contributed by atoms with E-state index in [1.54, 1.807) is 0 Å². The third-order valence-corrected chi connectivity index (χ3v) is 5.65. The maximum atomic E-state index is 11.8. The number of aliphatic carboxylic acids is 1. The van der Waals surface area contributed by atoms with Crippen molar-refractivity contribution in [3.8, 4) is 5.75 Å². The number of hydrogen-bond acceptors (Lipinski definition) is 7. The molecule has 4 rings (SSSR count). The van der Waals surface area contributed by atoms with E-state index in [2.05, 4.69) is 14.9 Å². The number of fused-ring (bicyclic) bond motifs is 1. The molecule has 1 atom stereocenters. The van der Waals surface area contributed by atoms with Crippen LogP contribution in [0.3, 0.4) is 0 Å². The predicted molar refractivity (Wildman–Crippen MR) is 121 cm³/mol. The van der Waals surface area contributed by atoms with Crippen molar-refractivity contribution in [2.75, 3.05) is 7.11 Å². The molecule has 0 bridgehead atoms. The number of carboxylic acids is 1. The van der Waals surface area contributed by atoms with Gasteiger partial charge >= 0.3 is 11.9 Å². The first-order valence-electron chi connectivity index (χ1n) is 10.5. The number of carboxylic acid groups (broad SMARTS) is 1. The molecule has 0 radical (unpaired) electrons. The van der Waals surface area contributed by atoms with Gasteiger partial charge in [-0.3, -0.25) is 9.78 Å². The molecule has 8 heteroatoms. The topological polar surface area (TPSA) is 107 Å². The molecule has 2 aromatic carbocycles. The van der Waals surface area contributed by atoms with Crippen LogP contribution in [0.25, 0.3) is 10.9 Å². The highest BCUT2D eigenvalue weighted by atomic mass is 16.7. The summed E-state index contributed by atoms with van der Waals surface area (Å²) in [5, 5.41) is 14.7. The van der Waals surface area contributed by atoms with Gasteiger partial charge in [0.1, 0.15) is 12.4 Å².